The number of nitriles is 2. The summed E-state index contributed by atoms with van der Waals surface area (Å²) < 4.78 is 217. The Balaban J connectivity index is 1.65. The minimum Gasteiger partial charge on any atom is -0.308 e. The van der Waals surface area contributed by atoms with Crippen LogP contribution in [0.5, 0.6) is 0 Å². The Morgan fingerprint density at radius 3 is 0.984 bits per heavy atom. The Hall–Kier alpha value is -7.15. The number of benzene rings is 6. The molecule has 314 valence electrons. The molecule has 0 unspecified atom stereocenters. The smallest absolute Gasteiger partial charge is 0.308 e. The fourth-order valence-electron chi connectivity index (χ4n) is 7.71. The van der Waals surface area contributed by atoms with Crippen LogP contribution in [-0.2, 0) is 30.9 Å². The van der Waals surface area contributed by atoms with Crippen molar-refractivity contribution in [3.8, 4) is 34.6 Å². The third kappa shape index (κ3) is 6.77. The van der Waals surface area contributed by atoms with E-state index < -0.39 is 114 Å². The first-order valence-electron chi connectivity index (χ1n) is 17.5. The highest BCUT2D eigenvalue weighted by molar-refractivity contribution is 6.13. The maximum atomic E-state index is 15.2. The predicted octanol–water partition coefficient (Wildman–Crippen LogP) is 14.4. The first kappa shape index (κ1) is 41.6. The molecule has 0 aliphatic carbocycles. The summed E-state index contributed by atoms with van der Waals surface area (Å²) in [5.41, 5.74) is -12.1. The fourth-order valence-corrected chi connectivity index (χ4v) is 7.71. The molecule has 0 radical (unpaired) electrons. The van der Waals surface area contributed by atoms with E-state index in [1.807, 2.05) is 0 Å². The Morgan fingerprint density at radius 1 is 0.371 bits per heavy atom. The van der Waals surface area contributed by atoms with Crippen LogP contribution in [0.1, 0.15) is 38.9 Å². The van der Waals surface area contributed by atoms with E-state index in [2.05, 4.69) is 0 Å². The van der Waals surface area contributed by atoms with Gasteiger partial charge in [-0.1, -0.05) is 6.07 Å². The van der Waals surface area contributed by atoms with Crippen LogP contribution in [0.15, 0.2) is 103 Å². The highest BCUT2D eigenvalue weighted by Gasteiger charge is 2.39. The molecule has 6 aromatic carbocycles. The van der Waals surface area contributed by atoms with E-state index in [1.165, 1.54) is 0 Å². The molecule has 8 aromatic rings. The van der Waals surface area contributed by atoms with E-state index in [4.69, 9.17) is 0 Å². The van der Waals surface area contributed by atoms with Gasteiger partial charge >= 0.3 is 30.9 Å². The number of rotatable bonds is 3. The van der Waals surface area contributed by atoms with Crippen molar-refractivity contribution >= 4 is 43.6 Å². The molecule has 0 N–H and O–H groups in total. The average Bonchev–Trinajstić information content (AvgIpc) is 3.69. The second-order valence-electron chi connectivity index (χ2n) is 13.9. The molecule has 4 nitrogen and oxygen atoms in total. The van der Waals surface area contributed by atoms with Crippen LogP contribution in [-0.4, -0.2) is 9.13 Å². The molecular formula is C43H17F15N4. The zero-order chi connectivity index (χ0) is 45.1. The van der Waals surface area contributed by atoms with E-state index in [0.717, 1.165) is 57.7 Å². The van der Waals surface area contributed by atoms with Gasteiger partial charge in [0.05, 0.1) is 84.5 Å². The predicted molar refractivity (Wildman–Crippen MR) is 195 cm³/mol. The Morgan fingerprint density at radius 2 is 0.710 bits per heavy atom. The summed E-state index contributed by atoms with van der Waals surface area (Å²) in [5, 5.41) is 18.7. The van der Waals surface area contributed by atoms with Crippen LogP contribution in [0.2, 0.25) is 0 Å². The van der Waals surface area contributed by atoms with Crippen LogP contribution in [0.25, 0.3) is 66.1 Å². The van der Waals surface area contributed by atoms with Crippen molar-refractivity contribution in [2.24, 2.45) is 0 Å². The van der Waals surface area contributed by atoms with Crippen molar-refractivity contribution in [3.05, 3.63) is 142 Å². The minimum atomic E-state index is -5.32. The summed E-state index contributed by atoms with van der Waals surface area (Å²) in [6.07, 6.45) is -25.5. The molecule has 19 heteroatoms. The lowest BCUT2D eigenvalue weighted by Gasteiger charge is -2.24. The number of aromatic nitrogens is 2. The molecule has 0 aliphatic heterocycles. The minimum absolute atomic E-state index is 0.343. The standard InChI is InChI=1S/C43H17F15N4/c44-39(45,46)22-4-8-31-26(14-22)27-15-23(40(47,48)49)5-9-32(27)61(31)35-12-20(18-59)13-36(38(35)37-21(19-60)2-1-3-30(37)43(56,57)58)62-33-10-6-24(41(50,51)52)16-28(33)29-17-25(42(53,54)55)7-11-34(29)62/h1-17H. The second-order valence-corrected chi connectivity index (χ2v) is 13.9. The van der Waals surface area contributed by atoms with Gasteiger partial charge in [0.25, 0.3) is 0 Å². The van der Waals surface area contributed by atoms with Gasteiger partial charge < -0.3 is 9.13 Å². The van der Waals surface area contributed by atoms with E-state index in [1.54, 1.807) is 12.1 Å². The van der Waals surface area contributed by atoms with Crippen molar-refractivity contribution in [2.45, 2.75) is 30.9 Å². The molecule has 0 saturated heterocycles. The fraction of sp³-hybridized carbons (Fsp3) is 0.116. The molecule has 62 heavy (non-hydrogen) atoms. The zero-order valence-electron chi connectivity index (χ0n) is 30.3. The molecule has 0 bridgehead atoms. The van der Waals surface area contributed by atoms with E-state index in [9.17, 15) is 63.2 Å². The van der Waals surface area contributed by atoms with Crippen molar-refractivity contribution < 1.29 is 65.9 Å². The maximum Gasteiger partial charge on any atom is 0.417 e. The van der Waals surface area contributed by atoms with Crippen molar-refractivity contribution in [1.29, 1.82) is 10.5 Å². The summed E-state index contributed by atoms with van der Waals surface area (Å²) in [7, 11) is 0. The quantitative estimate of drug-likeness (QED) is 0.166. The summed E-state index contributed by atoms with van der Waals surface area (Å²) in [6, 6.07) is 15.2. The summed E-state index contributed by atoms with van der Waals surface area (Å²) in [5.74, 6) is 0. The average molecular weight is 875 g/mol. The SMILES string of the molecule is N#Cc1cc(-n2c3ccc(C(F)(F)F)cc3c3cc(C(F)(F)F)ccc32)c(-c2c(C#N)cccc2C(F)(F)F)c(-n2c3ccc(C(F)(F)F)cc3c3cc(C(F)(F)F)ccc32)c1. The highest BCUT2D eigenvalue weighted by atomic mass is 19.4. The molecule has 2 aromatic heterocycles. The van der Waals surface area contributed by atoms with E-state index in [-0.39, 0.29) is 22.1 Å². The highest BCUT2D eigenvalue weighted by Crippen LogP contribution is 2.49. The molecule has 2 heterocycles. The number of fused-ring (bicyclic) bond motifs is 6. The number of hydrogen-bond donors (Lipinski definition) is 0. The summed E-state index contributed by atoms with van der Waals surface area (Å²) in [6.45, 7) is 0. The van der Waals surface area contributed by atoms with E-state index in [0.29, 0.717) is 54.6 Å². The van der Waals surface area contributed by atoms with Gasteiger partial charge in [0.1, 0.15) is 0 Å². The first-order chi connectivity index (χ1) is 28.8. The van der Waals surface area contributed by atoms with E-state index >= 15 is 13.2 Å². The second kappa shape index (κ2) is 13.7. The van der Waals surface area contributed by atoms with Crippen LogP contribution in [0, 0.1) is 22.7 Å². The summed E-state index contributed by atoms with van der Waals surface area (Å²) >= 11 is 0. The number of hydrogen-bond acceptors (Lipinski definition) is 2. The summed E-state index contributed by atoms with van der Waals surface area (Å²) in [4.78, 5) is 0. The number of nitrogens with zero attached hydrogens (tertiary/aromatic N) is 4. The number of halogens is 15. The Bertz CT molecular complexity index is 2940. The van der Waals surface area contributed by atoms with Gasteiger partial charge in [0.2, 0.25) is 0 Å². The molecule has 0 amide bonds. The van der Waals surface area contributed by atoms with Gasteiger partial charge in [-0.05, 0) is 97.1 Å². The van der Waals surface area contributed by atoms with Gasteiger partial charge in [-0.25, -0.2) is 0 Å². The maximum absolute atomic E-state index is 15.2. The lowest BCUT2D eigenvalue weighted by molar-refractivity contribution is -0.138. The topological polar surface area (TPSA) is 57.4 Å². The molecular weight excluding hydrogens is 857 g/mol. The van der Waals surface area contributed by atoms with Crippen LogP contribution < -0.4 is 0 Å². The van der Waals surface area contributed by atoms with Crippen molar-refractivity contribution in [3.63, 3.8) is 0 Å². The van der Waals surface area contributed by atoms with Gasteiger partial charge in [-0.2, -0.15) is 76.4 Å². The Kier molecular flexibility index (Phi) is 9.18. The van der Waals surface area contributed by atoms with Crippen LogP contribution in [0.4, 0.5) is 65.9 Å². The lowest BCUT2D eigenvalue weighted by atomic mass is 9.90. The molecule has 0 saturated carbocycles. The number of alkyl halides is 15. The third-order valence-corrected chi connectivity index (χ3v) is 10.3. The van der Waals surface area contributed by atoms with Crippen molar-refractivity contribution in [2.75, 3.05) is 0 Å². The molecule has 0 aliphatic rings. The van der Waals surface area contributed by atoms with Gasteiger partial charge in [-0.15, -0.1) is 0 Å². The van der Waals surface area contributed by atoms with Crippen LogP contribution >= 0.6 is 0 Å². The van der Waals surface area contributed by atoms with Gasteiger partial charge in [0, 0.05) is 32.7 Å². The third-order valence-electron chi connectivity index (χ3n) is 10.3. The zero-order valence-corrected chi connectivity index (χ0v) is 30.3. The van der Waals surface area contributed by atoms with Crippen LogP contribution in [0.3, 0.4) is 0 Å². The molecule has 8 rings (SSSR count). The Labute approximate surface area is 336 Å². The lowest BCUT2D eigenvalue weighted by Crippen LogP contribution is -2.12. The monoisotopic (exact) mass is 874 g/mol. The van der Waals surface area contributed by atoms with Gasteiger partial charge in [0.15, 0.2) is 0 Å². The largest absolute Gasteiger partial charge is 0.417 e. The molecule has 0 atom stereocenters. The van der Waals surface area contributed by atoms with Crippen molar-refractivity contribution in [1.82, 2.24) is 9.13 Å². The first-order valence-corrected chi connectivity index (χ1v) is 17.5. The normalized spacial score (nSPS) is 13.0. The van der Waals surface area contributed by atoms with Gasteiger partial charge in [-0.3, -0.25) is 0 Å². The molecule has 0 spiro atoms. The molecule has 0 fully saturated rings.